The van der Waals surface area contributed by atoms with Crippen LogP contribution in [0, 0.1) is 0 Å². The van der Waals surface area contributed by atoms with Crippen LogP contribution in [0.3, 0.4) is 0 Å². The fraction of sp³-hybridized carbons (Fsp3) is 0.450. The van der Waals surface area contributed by atoms with Gasteiger partial charge in [0.15, 0.2) is 5.65 Å². The second-order valence-electron chi connectivity index (χ2n) is 7.21. The number of fused-ring (bicyclic) bond motifs is 1. The van der Waals surface area contributed by atoms with Gasteiger partial charge in [-0.15, -0.1) is 11.3 Å². The van der Waals surface area contributed by atoms with Gasteiger partial charge in [-0.1, -0.05) is 6.07 Å². The number of rotatable bonds is 6. The molecule has 3 aromatic heterocycles. The number of aromatic nitrogens is 3. The first-order chi connectivity index (χ1) is 13.6. The Morgan fingerprint density at radius 1 is 1.32 bits per heavy atom. The number of hydrogen-bond donors (Lipinski definition) is 1. The molecule has 4 rings (SSSR count). The molecule has 0 aliphatic carbocycles. The molecular formula is C20H25N5O2S. The minimum absolute atomic E-state index is 0.110. The van der Waals surface area contributed by atoms with Crippen molar-refractivity contribution in [2.45, 2.75) is 25.9 Å². The van der Waals surface area contributed by atoms with Gasteiger partial charge in [0.05, 0.1) is 31.0 Å². The summed E-state index contributed by atoms with van der Waals surface area (Å²) in [6, 6.07) is 6.43. The van der Waals surface area contributed by atoms with Crippen molar-refractivity contribution in [3.63, 3.8) is 0 Å². The molecule has 1 atom stereocenters. The normalized spacial score (nSPS) is 16.5. The lowest BCUT2D eigenvalue weighted by atomic mass is 10.1. The van der Waals surface area contributed by atoms with Gasteiger partial charge in [0.2, 0.25) is 0 Å². The third kappa shape index (κ3) is 3.94. The average Bonchev–Trinajstić information content (AvgIpc) is 3.38. The molecule has 28 heavy (non-hydrogen) atoms. The van der Waals surface area contributed by atoms with E-state index in [2.05, 4.69) is 51.7 Å². The molecule has 0 aromatic carbocycles. The van der Waals surface area contributed by atoms with Crippen LogP contribution in [-0.2, 0) is 4.74 Å². The molecule has 0 unspecified atom stereocenters. The van der Waals surface area contributed by atoms with Gasteiger partial charge in [0.1, 0.15) is 0 Å². The summed E-state index contributed by atoms with van der Waals surface area (Å²) in [5, 5.41) is 10.4. The number of amides is 1. The first-order valence-corrected chi connectivity index (χ1v) is 10.5. The summed E-state index contributed by atoms with van der Waals surface area (Å²) in [7, 11) is 0. The molecule has 1 aliphatic rings. The first-order valence-electron chi connectivity index (χ1n) is 9.60. The molecule has 1 amide bonds. The van der Waals surface area contributed by atoms with Gasteiger partial charge in [-0.3, -0.25) is 9.69 Å². The molecular weight excluding hydrogens is 374 g/mol. The fourth-order valence-corrected chi connectivity index (χ4v) is 4.37. The molecule has 1 N–H and O–H groups in total. The summed E-state index contributed by atoms with van der Waals surface area (Å²) >= 11 is 1.72. The predicted octanol–water partition coefficient (Wildman–Crippen LogP) is 2.88. The molecule has 1 aliphatic heterocycles. The lowest BCUT2D eigenvalue weighted by Gasteiger charge is -2.34. The van der Waals surface area contributed by atoms with Crippen molar-refractivity contribution >= 4 is 28.3 Å². The minimum atomic E-state index is -0.110. The van der Waals surface area contributed by atoms with Gasteiger partial charge < -0.3 is 10.1 Å². The molecule has 0 radical (unpaired) electrons. The van der Waals surface area contributed by atoms with Gasteiger partial charge in [-0.25, -0.2) is 9.67 Å². The highest BCUT2D eigenvalue weighted by molar-refractivity contribution is 7.10. The summed E-state index contributed by atoms with van der Waals surface area (Å²) in [6.45, 7) is 7.89. The fourth-order valence-electron chi connectivity index (χ4n) is 3.51. The Labute approximate surface area is 168 Å². The van der Waals surface area contributed by atoms with E-state index in [9.17, 15) is 4.79 Å². The summed E-state index contributed by atoms with van der Waals surface area (Å²) < 4.78 is 7.34. The molecule has 0 bridgehead atoms. The van der Waals surface area contributed by atoms with Crippen LogP contribution in [-0.4, -0.2) is 58.4 Å². The predicted molar refractivity (Wildman–Crippen MR) is 110 cm³/mol. The zero-order valence-electron chi connectivity index (χ0n) is 16.2. The van der Waals surface area contributed by atoms with Crippen molar-refractivity contribution in [2.75, 3.05) is 32.8 Å². The number of ether oxygens (including phenoxy) is 1. The number of nitrogens with zero attached hydrogens (tertiary/aromatic N) is 4. The monoisotopic (exact) mass is 399 g/mol. The second-order valence-corrected chi connectivity index (χ2v) is 8.19. The number of pyridine rings is 1. The third-order valence-corrected chi connectivity index (χ3v) is 5.97. The molecule has 7 nitrogen and oxygen atoms in total. The van der Waals surface area contributed by atoms with Crippen molar-refractivity contribution in [1.82, 2.24) is 25.0 Å². The average molecular weight is 400 g/mol. The topological polar surface area (TPSA) is 72.3 Å². The number of hydrogen-bond acceptors (Lipinski definition) is 6. The van der Waals surface area contributed by atoms with E-state index in [4.69, 9.17) is 4.74 Å². The molecule has 148 valence electrons. The van der Waals surface area contributed by atoms with E-state index in [1.165, 1.54) is 4.88 Å². The highest BCUT2D eigenvalue weighted by Crippen LogP contribution is 2.25. The first kappa shape index (κ1) is 19.0. The number of carbonyl (C=O) groups excluding carboxylic acids is 1. The maximum Gasteiger partial charge on any atom is 0.252 e. The summed E-state index contributed by atoms with van der Waals surface area (Å²) in [5.74, 6) is -0.110. The van der Waals surface area contributed by atoms with Crippen LogP contribution in [0.5, 0.6) is 0 Å². The Kier molecular flexibility index (Phi) is 5.70. The van der Waals surface area contributed by atoms with Gasteiger partial charge in [-0.2, -0.15) is 5.10 Å². The Morgan fingerprint density at radius 2 is 2.14 bits per heavy atom. The second kappa shape index (κ2) is 8.38. The molecule has 0 saturated carbocycles. The van der Waals surface area contributed by atoms with Crippen molar-refractivity contribution in [2.24, 2.45) is 0 Å². The van der Waals surface area contributed by atoms with Crippen molar-refractivity contribution in [3.05, 3.63) is 46.4 Å². The van der Waals surface area contributed by atoms with E-state index in [1.54, 1.807) is 23.7 Å². The van der Waals surface area contributed by atoms with Gasteiger partial charge in [0, 0.05) is 42.1 Å². The minimum Gasteiger partial charge on any atom is -0.379 e. The van der Waals surface area contributed by atoms with Crippen molar-refractivity contribution in [1.29, 1.82) is 0 Å². The van der Waals surface area contributed by atoms with Crippen LogP contribution in [0.25, 0.3) is 11.0 Å². The smallest absolute Gasteiger partial charge is 0.252 e. The van der Waals surface area contributed by atoms with E-state index in [1.807, 2.05) is 10.7 Å². The lowest BCUT2D eigenvalue weighted by Crippen LogP contribution is -2.43. The molecule has 1 fully saturated rings. The molecule has 8 heteroatoms. The van der Waals surface area contributed by atoms with E-state index < -0.39 is 0 Å². The summed E-state index contributed by atoms with van der Waals surface area (Å²) in [6.07, 6.45) is 3.40. The maximum absolute atomic E-state index is 12.8. The van der Waals surface area contributed by atoms with Crippen molar-refractivity contribution < 1.29 is 9.53 Å². The van der Waals surface area contributed by atoms with Crippen LogP contribution >= 0.6 is 11.3 Å². The number of carbonyl (C=O) groups is 1. The quantitative estimate of drug-likeness (QED) is 0.690. The van der Waals surface area contributed by atoms with E-state index >= 15 is 0 Å². The zero-order valence-corrected chi connectivity index (χ0v) is 17.0. The molecule has 3 aromatic rings. The highest BCUT2D eigenvalue weighted by Gasteiger charge is 2.24. The van der Waals surface area contributed by atoms with Crippen LogP contribution in [0.2, 0.25) is 0 Å². The number of nitrogens with one attached hydrogen (secondary N) is 1. The van der Waals surface area contributed by atoms with Crippen LogP contribution in [0.4, 0.5) is 0 Å². The van der Waals surface area contributed by atoms with E-state index in [0.29, 0.717) is 12.1 Å². The van der Waals surface area contributed by atoms with Gasteiger partial charge in [-0.05, 0) is 31.4 Å². The van der Waals surface area contributed by atoms with E-state index in [-0.39, 0.29) is 18.0 Å². The molecule has 1 saturated heterocycles. The largest absolute Gasteiger partial charge is 0.379 e. The molecule has 0 spiro atoms. The Bertz CT molecular complexity index is 931. The summed E-state index contributed by atoms with van der Waals surface area (Å²) in [4.78, 5) is 20.9. The Hall–Kier alpha value is -2.29. The van der Waals surface area contributed by atoms with Gasteiger partial charge in [0.25, 0.3) is 5.91 Å². The van der Waals surface area contributed by atoms with Gasteiger partial charge >= 0.3 is 0 Å². The Balaban J connectivity index is 1.48. The standard InChI is InChI=1S/C20H25N5O2S/c1-14(2)25-19-15(12-23-25)10-16(11-21-19)20(26)22-13-17(18-4-3-9-28-18)24-5-7-27-8-6-24/h3-4,9-12,14,17H,5-8,13H2,1-2H3,(H,22,26)/t17-/m1/s1. The van der Waals surface area contributed by atoms with Crippen LogP contribution in [0.15, 0.2) is 36.0 Å². The number of thiophene rings is 1. The van der Waals surface area contributed by atoms with E-state index in [0.717, 1.165) is 37.3 Å². The summed E-state index contributed by atoms with van der Waals surface area (Å²) in [5.41, 5.74) is 1.36. The van der Waals surface area contributed by atoms with Crippen molar-refractivity contribution in [3.8, 4) is 0 Å². The molecule has 4 heterocycles. The highest BCUT2D eigenvalue weighted by atomic mass is 32.1. The van der Waals surface area contributed by atoms with Crippen LogP contribution < -0.4 is 5.32 Å². The SMILES string of the molecule is CC(C)n1ncc2cc(C(=O)NC[C@H](c3cccs3)N3CCOCC3)cnc21. The Morgan fingerprint density at radius 3 is 2.86 bits per heavy atom. The van der Waals surface area contributed by atoms with Crippen LogP contribution in [0.1, 0.15) is 41.2 Å². The third-order valence-electron chi connectivity index (χ3n) is 5.00. The zero-order chi connectivity index (χ0) is 19.5. The lowest BCUT2D eigenvalue weighted by molar-refractivity contribution is 0.0169. The number of morpholine rings is 1. The maximum atomic E-state index is 12.8.